The standard InChI is InChI=1S/C15H20O4/c1-8-4-5-11(16)9(2)7-13-14(12(17)6-8)10(3)15(18)19-13/h7,11-14,16-17H,1,3-6H2,2H3/b9-7-. The number of rotatable bonds is 0. The molecule has 0 radical (unpaired) electrons. The summed E-state index contributed by atoms with van der Waals surface area (Å²) in [5.74, 6) is -0.929. The first-order valence-electron chi connectivity index (χ1n) is 6.51. The summed E-state index contributed by atoms with van der Waals surface area (Å²) in [5, 5.41) is 20.3. The van der Waals surface area contributed by atoms with E-state index >= 15 is 0 Å². The number of ether oxygens (including phenoxy) is 1. The Bertz CT molecular complexity index is 449. The van der Waals surface area contributed by atoms with Gasteiger partial charge in [0.2, 0.25) is 0 Å². The zero-order chi connectivity index (χ0) is 14.2. The summed E-state index contributed by atoms with van der Waals surface area (Å²) in [6.45, 7) is 9.42. The van der Waals surface area contributed by atoms with Gasteiger partial charge in [-0.1, -0.05) is 18.7 Å². The van der Waals surface area contributed by atoms with Crippen LogP contribution >= 0.6 is 0 Å². The lowest BCUT2D eigenvalue weighted by Crippen LogP contribution is -2.30. The van der Waals surface area contributed by atoms with Crippen LogP contribution in [0.2, 0.25) is 0 Å². The van der Waals surface area contributed by atoms with Crippen LogP contribution in [0.3, 0.4) is 0 Å². The minimum atomic E-state index is -0.726. The zero-order valence-corrected chi connectivity index (χ0v) is 11.1. The van der Waals surface area contributed by atoms with Crippen LogP contribution in [-0.2, 0) is 9.53 Å². The molecule has 0 bridgehead atoms. The first-order valence-corrected chi connectivity index (χ1v) is 6.51. The Morgan fingerprint density at radius 2 is 2.05 bits per heavy atom. The highest BCUT2D eigenvalue weighted by atomic mass is 16.6. The van der Waals surface area contributed by atoms with Crippen molar-refractivity contribution < 1.29 is 19.7 Å². The summed E-state index contributed by atoms with van der Waals surface area (Å²) < 4.78 is 5.22. The molecule has 1 fully saturated rings. The molecule has 2 aliphatic rings. The van der Waals surface area contributed by atoms with Crippen molar-refractivity contribution in [1.82, 2.24) is 0 Å². The van der Waals surface area contributed by atoms with Crippen molar-refractivity contribution in [3.8, 4) is 0 Å². The Hall–Kier alpha value is -1.39. The monoisotopic (exact) mass is 264 g/mol. The van der Waals surface area contributed by atoms with Gasteiger partial charge in [0, 0.05) is 5.57 Å². The molecule has 104 valence electrons. The second-order valence-corrected chi connectivity index (χ2v) is 5.41. The predicted molar refractivity (Wildman–Crippen MR) is 71.3 cm³/mol. The number of hydrogen-bond donors (Lipinski definition) is 2. The Morgan fingerprint density at radius 1 is 1.37 bits per heavy atom. The molecule has 4 heteroatoms. The summed E-state index contributed by atoms with van der Waals surface area (Å²) in [4.78, 5) is 11.6. The molecule has 1 aliphatic heterocycles. The highest BCUT2D eigenvalue weighted by molar-refractivity contribution is 5.91. The molecule has 0 amide bonds. The molecule has 4 unspecified atom stereocenters. The molecule has 1 saturated heterocycles. The third kappa shape index (κ3) is 2.80. The Morgan fingerprint density at radius 3 is 2.74 bits per heavy atom. The maximum Gasteiger partial charge on any atom is 0.334 e. The molecule has 0 aromatic heterocycles. The van der Waals surface area contributed by atoms with Gasteiger partial charge in [0.25, 0.3) is 0 Å². The Kier molecular flexibility index (Phi) is 3.92. The van der Waals surface area contributed by atoms with Crippen molar-refractivity contribution in [2.24, 2.45) is 5.92 Å². The van der Waals surface area contributed by atoms with Crippen LogP contribution < -0.4 is 0 Å². The molecule has 2 N–H and O–H groups in total. The fourth-order valence-corrected chi connectivity index (χ4v) is 2.66. The van der Waals surface area contributed by atoms with Crippen LogP contribution in [0.15, 0.2) is 36.0 Å². The van der Waals surface area contributed by atoms with Gasteiger partial charge in [0.1, 0.15) is 6.10 Å². The third-order valence-electron chi connectivity index (χ3n) is 3.90. The molecule has 0 saturated carbocycles. The fourth-order valence-electron chi connectivity index (χ4n) is 2.66. The van der Waals surface area contributed by atoms with Crippen molar-refractivity contribution in [2.75, 3.05) is 0 Å². The van der Waals surface area contributed by atoms with E-state index in [0.29, 0.717) is 24.8 Å². The number of carbonyl (C=O) groups excluding carboxylic acids is 1. The Balaban J connectivity index is 2.35. The minimum Gasteiger partial charge on any atom is -0.454 e. The molecule has 1 aliphatic carbocycles. The molecule has 0 spiro atoms. The van der Waals surface area contributed by atoms with Crippen LogP contribution in [0.1, 0.15) is 26.2 Å². The second kappa shape index (κ2) is 5.31. The van der Waals surface area contributed by atoms with E-state index in [1.807, 2.05) is 0 Å². The summed E-state index contributed by atoms with van der Waals surface area (Å²) in [7, 11) is 0. The second-order valence-electron chi connectivity index (χ2n) is 5.41. The van der Waals surface area contributed by atoms with Gasteiger partial charge in [-0.2, -0.15) is 0 Å². The minimum absolute atomic E-state index is 0.296. The highest BCUT2D eigenvalue weighted by Crippen LogP contribution is 2.35. The molecule has 4 nitrogen and oxygen atoms in total. The van der Waals surface area contributed by atoms with Crippen molar-refractivity contribution in [2.45, 2.75) is 44.5 Å². The molecular formula is C15H20O4. The number of esters is 1. The molecule has 4 atom stereocenters. The average molecular weight is 264 g/mol. The molecular weight excluding hydrogens is 244 g/mol. The van der Waals surface area contributed by atoms with Crippen LogP contribution in [0.4, 0.5) is 0 Å². The first-order chi connectivity index (χ1) is 8.90. The molecule has 19 heavy (non-hydrogen) atoms. The van der Waals surface area contributed by atoms with Gasteiger partial charge in [0.15, 0.2) is 0 Å². The largest absolute Gasteiger partial charge is 0.454 e. The summed E-state index contributed by atoms with van der Waals surface area (Å²) in [6.07, 6.45) is 1.51. The highest BCUT2D eigenvalue weighted by Gasteiger charge is 2.42. The van der Waals surface area contributed by atoms with E-state index in [0.717, 1.165) is 11.1 Å². The van der Waals surface area contributed by atoms with E-state index in [-0.39, 0.29) is 0 Å². The Labute approximate surface area is 113 Å². The number of aliphatic hydroxyl groups is 2. The van der Waals surface area contributed by atoms with E-state index in [1.165, 1.54) is 0 Å². The van der Waals surface area contributed by atoms with Gasteiger partial charge in [-0.05, 0) is 37.8 Å². The van der Waals surface area contributed by atoms with Gasteiger partial charge < -0.3 is 14.9 Å². The third-order valence-corrected chi connectivity index (χ3v) is 3.90. The molecule has 0 aromatic rings. The van der Waals surface area contributed by atoms with E-state index < -0.39 is 30.2 Å². The fraction of sp³-hybridized carbons (Fsp3) is 0.533. The first kappa shape index (κ1) is 14.0. The van der Waals surface area contributed by atoms with Gasteiger partial charge in [-0.15, -0.1) is 0 Å². The quantitative estimate of drug-likeness (QED) is 0.395. The van der Waals surface area contributed by atoms with Crippen molar-refractivity contribution in [3.05, 3.63) is 36.0 Å². The lowest BCUT2D eigenvalue weighted by atomic mass is 9.84. The van der Waals surface area contributed by atoms with Crippen LogP contribution in [0, 0.1) is 5.92 Å². The molecule has 0 aromatic carbocycles. The van der Waals surface area contributed by atoms with Crippen LogP contribution in [0.5, 0.6) is 0 Å². The lowest BCUT2D eigenvalue weighted by Gasteiger charge is -2.25. The van der Waals surface area contributed by atoms with Crippen LogP contribution in [0.25, 0.3) is 0 Å². The number of hydrogen-bond acceptors (Lipinski definition) is 4. The summed E-state index contributed by atoms with van der Waals surface area (Å²) in [6, 6.07) is 0. The van der Waals surface area contributed by atoms with E-state index in [9.17, 15) is 15.0 Å². The van der Waals surface area contributed by atoms with E-state index in [4.69, 9.17) is 4.74 Å². The van der Waals surface area contributed by atoms with E-state index in [1.54, 1.807) is 13.0 Å². The van der Waals surface area contributed by atoms with Crippen molar-refractivity contribution in [3.63, 3.8) is 0 Å². The van der Waals surface area contributed by atoms with Crippen molar-refractivity contribution in [1.29, 1.82) is 0 Å². The lowest BCUT2D eigenvalue weighted by molar-refractivity contribution is -0.137. The average Bonchev–Trinajstić information content (AvgIpc) is 2.60. The maximum absolute atomic E-state index is 11.6. The molecule has 2 rings (SSSR count). The maximum atomic E-state index is 11.6. The topological polar surface area (TPSA) is 66.8 Å². The van der Waals surface area contributed by atoms with Crippen LogP contribution in [-0.4, -0.2) is 34.5 Å². The molecule has 1 heterocycles. The van der Waals surface area contributed by atoms with Gasteiger partial charge in [-0.3, -0.25) is 0 Å². The van der Waals surface area contributed by atoms with Crippen molar-refractivity contribution >= 4 is 5.97 Å². The number of fused-ring (bicyclic) bond motifs is 1. The summed E-state index contributed by atoms with van der Waals surface area (Å²) in [5.41, 5.74) is 1.91. The van der Waals surface area contributed by atoms with Gasteiger partial charge >= 0.3 is 5.97 Å². The SMILES string of the molecule is C=C1CCC(O)/C(C)=C\C2OC(=O)C(=C)C2C(O)C1. The number of aliphatic hydroxyl groups excluding tert-OH is 2. The van der Waals surface area contributed by atoms with E-state index in [2.05, 4.69) is 13.2 Å². The van der Waals surface area contributed by atoms with Gasteiger partial charge in [-0.25, -0.2) is 4.79 Å². The van der Waals surface area contributed by atoms with Gasteiger partial charge in [0.05, 0.1) is 18.1 Å². The smallest absolute Gasteiger partial charge is 0.334 e. The predicted octanol–water partition coefficient (Wildman–Crippen LogP) is 1.49. The zero-order valence-electron chi connectivity index (χ0n) is 11.1. The normalized spacial score (nSPS) is 39.3. The number of carbonyl (C=O) groups is 1. The summed E-state index contributed by atoms with van der Waals surface area (Å²) >= 11 is 0.